The van der Waals surface area contributed by atoms with Gasteiger partial charge in [0.15, 0.2) is 0 Å². The number of rotatable bonds is 8. The van der Waals surface area contributed by atoms with E-state index in [2.05, 4.69) is 4.98 Å². The number of carbonyl (C=O) groups excluding carboxylic acids is 1. The van der Waals surface area contributed by atoms with Crippen molar-refractivity contribution in [2.24, 2.45) is 0 Å². The number of aromatic nitrogens is 1. The first-order valence-corrected chi connectivity index (χ1v) is 9.34. The minimum atomic E-state index is -0.188. The molecule has 1 amide bonds. The average molecular weight is 370 g/mol. The fraction of sp³-hybridized carbons (Fsp3) is 0.455. The van der Waals surface area contributed by atoms with Crippen LogP contribution in [0, 0.1) is 0 Å². The van der Waals surface area contributed by atoms with Crippen molar-refractivity contribution >= 4 is 5.91 Å². The molecule has 5 nitrogen and oxygen atoms in total. The summed E-state index contributed by atoms with van der Waals surface area (Å²) in [6.45, 7) is 11.5. The topological polar surface area (TPSA) is 51.7 Å². The van der Waals surface area contributed by atoms with Crippen molar-refractivity contribution in [2.75, 3.05) is 13.2 Å². The number of ether oxygens (including phenoxy) is 2. The monoisotopic (exact) mass is 370 g/mol. The molecule has 0 spiro atoms. The van der Waals surface area contributed by atoms with E-state index in [1.54, 1.807) is 18.3 Å². The van der Waals surface area contributed by atoms with Gasteiger partial charge in [0, 0.05) is 24.8 Å². The Morgan fingerprint density at radius 1 is 1.07 bits per heavy atom. The van der Waals surface area contributed by atoms with Crippen LogP contribution in [0.3, 0.4) is 0 Å². The molecule has 2 rings (SSSR count). The molecule has 0 N–H and O–H groups in total. The molecule has 0 bridgehead atoms. The Hall–Kier alpha value is -2.40. The van der Waals surface area contributed by atoms with E-state index in [9.17, 15) is 4.79 Å². The van der Waals surface area contributed by atoms with Crippen LogP contribution < -0.4 is 4.74 Å². The van der Waals surface area contributed by atoms with Crippen molar-refractivity contribution in [3.05, 3.63) is 59.8 Å². The molecule has 0 saturated carbocycles. The molecule has 0 radical (unpaired) electrons. The van der Waals surface area contributed by atoms with Gasteiger partial charge in [0.1, 0.15) is 6.61 Å². The van der Waals surface area contributed by atoms with Crippen molar-refractivity contribution in [2.45, 2.75) is 52.8 Å². The second-order valence-electron chi connectivity index (χ2n) is 7.71. The highest BCUT2D eigenvalue weighted by Crippen LogP contribution is 2.15. The maximum atomic E-state index is 12.9. The van der Waals surface area contributed by atoms with Crippen LogP contribution >= 0.6 is 0 Å². The highest BCUT2D eigenvalue weighted by Gasteiger charge is 2.19. The second kappa shape index (κ2) is 9.51. The molecule has 0 fully saturated rings. The molecule has 5 heteroatoms. The third-order valence-electron chi connectivity index (χ3n) is 3.93. The number of hydrogen-bond donors (Lipinski definition) is 0. The van der Waals surface area contributed by atoms with E-state index < -0.39 is 0 Å². The van der Waals surface area contributed by atoms with Gasteiger partial charge in [-0.15, -0.1) is 0 Å². The number of carbonyl (C=O) groups is 1. The van der Waals surface area contributed by atoms with Gasteiger partial charge >= 0.3 is 0 Å². The molecule has 2 aromatic rings. The SMILES string of the molecule is CC(C)N(Cc1ccccc1)C(=O)c1ccc(OCCOC(C)(C)C)nc1. The van der Waals surface area contributed by atoms with Crippen LogP contribution in [0.4, 0.5) is 0 Å². The molecule has 0 atom stereocenters. The van der Waals surface area contributed by atoms with Gasteiger partial charge in [0.2, 0.25) is 5.88 Å². The fourth-order valence-corrected chi connectivity index (χ4v) is 2.52. The highest BCUT2D eigenvalue weighted by molar-refractivity contribution is 5.94. The molecule has 146 valence electrons. The number of hydrogen-bond acceptors (Lipinski definition) is 4. The van der Waals surface area contributed by atoms with E-state index >= 15 is 0 Å². The summed E-state index contributed by atoms with van der Waals surface area (Å²) in [6.07, 6.45) is 1.57. The lowest BCUT2D eigenvalue weighted by molar-refractivity contribution is -0.0168. The van der Waals surface area contributed by atoms with E-state index in [0.717, 1.165) is 5.56 Å². The number of amides is 1. The van der Waals surface area contributed by atoms with Gasteiger partial charge in [-0.1, -0.05) is 30.3 Å². The summed E-state index contributed by atoms with van der Waals surface area (Å²) in [6, 6.07) is 13.6. The summed E-state index contributed by atoms with van der Waals surface area (Å²) in [5.74, 6) is 0.451. The molecule has 27 heavy (non-hydrogen) atoms. The quantitative estimate of drug-likeness (QED) is 0.649. The van der Waals surface area contributed by atoms with E-state index in [4.69, 9.17) is 9.47 Å². The zero-order valence-electron chi connectivity index (χ0n) is 16.9. The third kappa shape index (κ3) is 7.02. The summed E-state index contributed by atoms with van der Waals surface area (Å²) in [4.78, 5) is 19.0. The number of nitrogens with zero attached hydrogens (tertiary/aromatic N) is 2. The predicted octanol–water partition coefficient (Wildman–Crippen LogP) is 4.33. The first-order valence-electron chi connectivity index (χ1n) is 9.34. The Morgan fingerprint density at radius 3 is 2.33 bits per heavy atom. The van der Waals surface area contributed by atoms with Gasteiger partial charge < -0.3 is 14.4 Å². The summed E-state index contributed by atoms with van der Waals surface area (Å²) < 4.78 is 11.2. The predicted molar refractivity (Wildman–Crippen MR) is 107 cm³/mol. The molecular formula is C22H30N2O3. The minimum absolute atomic E-state index is 0.0380. The van der Waals surface area contributed by atoms with Crippen LogP contribution in [-0.4, -0.2) is 40.6 Å². The molecule has 0 aliphatic heterocycles. The van der Waals surface area contributed by atoms with Gasteiger partial charge in [-0.3, -0.25) is 4.79 Å². The molecule has 0 aliphatic carbocycles. The van der Waals surface area contributed by atoms with E-state index in [1.807, 2.05) is 69.9 Å². The number of benzene rings is 1. The van der Waals surface area contributed by atoms with Crippen LogP contribution in [0.5, 0.6) is 5.88 Å². The molecule has 0 aliphatic rings. The van der Waals surface area contributed by atoms with Crippen LogP contribution in [0.2, 0.25) is 0 Å². The zero-order valence-corrected chi connectivity index (χ0v) is 16.9. The van der Waals surface area contributed by atoms with Crippen LogP contribution in [0.1, 0.15) is 50.5 Å². The van der Waals surface area contributed by atoms with Gasteiger partial charge in [0.05, 0.1) is 17.8 Å². The highest BCUT2D eigenvalue weighted by atomic mass is 16.5. The summed E-state index contributed by atoms with van der Waals surface area (Å²) in [5, 5.41) is 0. The van der Waals surface area contributed by atoms with E-state index in [1.165, 1.54) is 0 Å². The van der Waals surface area contributed by atoms with Crippen LogP contribution in [0.15, 0.2) is 48.7 Å². The van der Waals surface area contributed by atoms with Gasteiger partial charge in [-0.05, 0) is 46.2 Å². The Labute approximate surface area is 162 Å². The lowest BCUT2D eigenvalue weighted by atomic mass is 10.1. The van der Waals surface area contributed by atoms with Gasteiger partial charge in [-0.2, -0.15) is 0 Å². The standard InChI is InChI=1S/C22H30N2O3/c1-17(2)24(16-18-9-7-6-8-10-18)21(25)19-11-12-20(23-15-19)26-13-14-27-22(3,4)5/h6-12,15,17H,13-14,16H2,1-5H3. The Bertz CT molecular complexity index is 707. The molecular weight excluding hydrogens is 340 g/mol. The first kappa shape index (κ1) is 20.9. The Morgan fingerprint density at radius 2 is 1.78 bits per heavy atom. The average Bonchev–Trinajstić information content (AvgIpc) is 2.63. The smallest absolute Gasteiger partial charge is 0.255 e. The van der Waals surface area contributed by atoms with Crippen molar-refractivity contribution in [1.82, 2.24) is 9.88 Å². The largest absolute Gasteiger partial charge is 0.475 e. The summed E-state index contributed by atoms with van der Waals surface area (Å²) in [7, 11) is 0. The maximum Gasteiger partial charge on any atom is 0.255 e. The lowest BCUT2D eigenvalue weighted by Gasteiger charge is -2.27. The lowest BCUT2D eigenvalue weighted by Crippen LogP contribution is -2.36. The van der Waals surface area contributed by atoms with Crippen molar-refractivity contribution in [3.63, 3.8) is 0 Å². The van der Waals surface area contributed by atoms with Gasteiger partial charge in [0.25, 0.3) is 5.91 Å². The number of pyridine rings is 1. The first-order chi connectivity index (χ1) is 12.8. The zero-order chi connectivity index (χ0) is 19.9. The van der Waals surface area contributed by atoms with E-state index in [0.29, 0.717) is 31.2 Å². The van der Waals surface area contributed by atoms with Crippen molar-refractivity contribution in [1.29, 1.82) is 0 Å². The second-order valence-corrected chi connectivity index (χ2v) is 7.71. The normalized spacial score (nSPS) is 11.5. The summed E-state index contributed by atoms with van der Waals surface area (Å²) >= 11 is 0. The maximum absolute atomic E-state index is 12.9. The Balaban J connectivity index is 1.96. The third-order valence-corrected chi connectivity index (χ3v) is 3.93. The molecule has 0 saturated heterocycles. The van der Waals surface area contributed by atoms with Crippen molar-refractivity contribution < 1.29 is 14.3 Å². The van der Waals surface area contributed by atoms with Gasteiger partial charge in [-0.25, -0.2) is 4.98 Å². The molecule has 1 aromatic carbocycles. The van der Waals surface area contributed by atoms with Crippen molar-refractivity contribution in [3.8, 4) is 5.88 Å². The van der Waals surface area contributed by atoms with E-state index in [-0.39, 0.29) is 17.6 Å². The molecule has 1 heterocycles. The molecule has 0 unspecified atom stereocenters. The molecule has 1 aromatic heterocycles. The Kier molecular flexibility index (Phi) is 7.36. The van der Waals surface area contributed by atoms with Crippen LogP contribution in [0.25, 0.3) is 0 Å². The minimum Gasteiger partial charge on any atom is -0.475 e. The fourth-order valence-electron chi connectivity index (χ4n) is 2.52. The van der Waals surface area contributed by atoms with Crippen LogP contribution in [-0.2, 0) is 11.3 Å². The summed E-state index contributed by atoms with van der Waals surface area (Å²) in [5.41, 5.74) is 1.47.